The van der Waals surface area contributed by atoms with E-state index in [0.29, 0.717) is 11.0 Å². The van der Waals surface area contributed by atoms with E-state index >= 15 is 0 Å². The summed E-state index contributed by atoms with van der Waals surface area (Å²) in [5, 5.41) is 3.73. The van der Waals surface area contributed by atoms with Crippen molar-refractivity contribution < 1.29 is 4.57 Å². The molecule has 3 aromatic rings. The minimum atomic E-state index is -0.286. The fraction of sp³-hybridized carbons (Fsp3) is 0.0667. The van der Waals surface area contributed by atoms with Gasteiger partial charge in [0.25, 0.3) is 5.96 Å². The number of imidazole rings is 1. The highest BCUT2D eigenvalue weighted by Gasteiger charge is 2.31. The van der Waals surface area contributed by atoms with Gasteiger partial charge in [-0.05, 0) is 18.2 Å². The average Bonchev–Trinajstić information content (AvgIpc) is 2.85. The molecule has 0 saturated carbocycles. The first-order chi connectivity index (χ1) is 10.2. The van der Waals surface area contributed by atoms with Crippen LogP contribution in [0, 0.1) is 0 Å². The zero-order valence-corrected chi connectivity index (χ0v) is 11.8. The highest BCUT2D eigenvalue weighted by molar-refractivity contribution is 6.31. The fourth-order valence-corrected chi connectivity index (χ4v) is 2.91. The summed E-state index contributed by atoms with van der Waals surface area (Å²) in [6.45, 7) is 0. The molecular formula is C15H13ClN5+. The highest BCUT2D eigenvalue weighted by atomic mass is 35.5. The van der Waals surface area contributed by atoms with Gasteiger partial charge in [0.05, 0.1) is 0 Å². The molecule has 1 aromatic heterocycles. The Labute approximate surface area is 126 Å². The summed E-state index contributed by atoms with van der Waals surface area (Å²) >= 11 is 6.34. The predicted molar refractivity (Wildman–Crippen MR) is 83.3 cm³/mol. The predicted octanol–water partition coefficient (Wildman–Crippen LogP) is 2.40. The second-order valence-electron chi connectivity index (χ2n) is 4.90. The van der Waals surface area contributed by atoms with Gasteiger partial charge in [-0.2, -0.15) is 4.99 Å². The van der Waals surface area contributed by atoms with Gasteiger partial charge in [0.2, 0.25) is 6.17 Å². The maximum Gasteiger partial charge on any atom is 0.365 e. The SMILES string of the molecule is NC1=N[C@H](c2ccccc2Cl)[n+]2c([nH]c3ccccc32)N1. The van der Waals surface area contributed by atoms with Gasteiger partial charge in [0, 0.05) is 10.6 Å². The molecule has 0 amide bonds. The smallest absolute Gasteiger partial charge is 0.357 e. The van der Waals surface area contributed by atoms with Crippen LogP contribution in [0.5, 0.6) is 0 Å². The standard InChI is InChI=1S/C15H12ClN5/c16-10-6-2-1-5-9(10)13-19-14(17)20-15-18-11-7-3-4-8-12(11)21(13)15/h1-8,13H,(H3,17,18,19,20)/p+1/t13-/m0/s1. The number of hydrogen-bond acceptors (Lipinski definition) is 3. The van der Waals surface area contributed by atoms with E-state index in [1.54, 1.807) is 0 Å². The molecule has 2 aromatic carbocycles. The molecule has 2 heterocycles. The number of fused-ring (bicyclic) bond motifs is 3. The van der Waals surface area contributed by atoms with Crippen molar-refractivity contribution in [2.75, 3.05) is 5.32 Å². The first kappa shape index (κ1) is 12.2. The van der Waals surface area contributed by atoms with E-state index in [9.17, 15) is 0 Å². The van der Waals surface area contributed by atoms with Crippen LogP contribution in [0.4, 0.5) is 5.95 Å². The third-order valence-corrected chi connectivity index (χ3v) is 3.94. The van der Waals surface area contributed by atoms with E-state index in [1.807, 2.05) is 48.5 Å². The Morgan fingerprint density at radius 2 is 1.86 bits per heavy atom. The molecule has 0 aliphatic carbocycles. The van der Waals surface area contributed by atoms with Crippen LogP contribution in [0.1, 0.15) is 11.7 Å². The number of nitrogens with zero attached hydrogens (tertiary/aromatic N) is 2. The minimum Gasteiger partial charge on any atom is -0.357 e. The van der Waals surface area contributed by atoms with Crippen molar-refractivity contribution >= 4 is 34.5 Å². The summed E-state index contributed by atoms with van der Waals surface area (Å²) in [5.41, 5.74) is 8.89. The van der Waals surface area contributed by atoms with E-state index in [2.05, 4.69) is 19.9 Å². The summed E-state index contributed by atoms with van der Waals surface area (Å²) in [4.78, 5) is 7.83. The number of anilines is 1. The van der Waals surface area contributed by atoms with Gasteiger partial charge in [-0.25, -0.2) is 14.9 Å². The van der Waals surface area contributed by atoms with Crippen LogP contribution in [0.3, 0.4) is 0 Å². The minimum absolute atomic E-state index is 0.286. The van der Waals surface area contributed by atoms with Gasteiger partial charge in [0.15, 0.2) is 0 Å². The second-order valence-corrected chi connectivity index (χ2v) is 5.30. The molecule has 0 spiro atoms. The first-order valence-electron chi connectivity index (χ1n) is 6.61. The number of aromatic amines is 1. The summed E-state index contributed by atoms with van der Waals surface area (Å²) < 4.78 is 2.06. The lowest BCUT2D eigenvalue weighted by Gasteiger charge is -2.18. The van der Waals surface area contributed by atoms with E-state index in [1.165, 1.54) is 0 Å². The molecule has 6 heteroatoms. The Morgan fingerprint density at radius 3 is 2.71 bits per heavy atom. The number of para-hydroxylation sites is 2. The van der Waals surface area contributed by atoms with E-state index < -0.39 is 0 Å². The Hall–Kier alpha value is -2.53. The second kappa shape index (κ2) is 4.49. The lowest BCUT2D eigenvalue weighted by molar-refractivity contribution is -0.674. The number of rotatable bonds is 1. The van der Waals surface area contributed by atoms with Crippen molar-refractivity contribution in [2.45, 2.75) is 6.17 Å². The summed E-state index contributed by atoms with van der Waals surface area (Å²) in [5.74, 6) is 1.17. The van der Waals surface area contributed by atoms with Gasteiger partial charge >= 0.3 is 5.95 Å². The third kappa shape index (κ3) is 1.86. The third-order valence-electron chi connectivity index (χ3n) is 3.59. The number of guanidine groups is 1. The molecular weight excluding hydrogens is 286 g/mol. The first-order valence-corrected chi connectivity index (χ1v) is 6.99. The Balaban J connectivity index is 2.00. The molecule has 0 saturated heterocycles. The van der Waals surface area contributed by atoms with Gasteiger partial charge in [-0.3, -0.25) is 0 Å². The van der Waals surface area contributed by atoms with Crippen molar-refractivity contribution in [1.29, 1.82) is 0 Å². The molecule has 0 unspecified atom stereocenters. The molecule has 1 aliphatic heterocycles. The maximum absolute atomic E-state index is 6.34. The number of hydrogen-bond donors (Lipinski definition) is 3. The monoisotopic (exact) mass is 298 g/mol. The van der Waals surface area contributed by atoms with E-state index in [-0.39, 0.29) is 6.17 Å². The van der Waals surface area contributed by atoms with Crippen LogP contribution in [0.2, 0.25) is 5.02 Å². The lowest BCUT2D eigenvalue weighted by atomic mass is 10.1. The van der Waals surface area contributed by atoms with Crippen molar-refractivity contribution in [3.8, 4) is 0 Å². The van der Waals surface area contributed by atoms with Crippen LogP contribution in [-0.2, 0) is 0 Å². The van der Waals surface area contributed by atoms with Gasteiger partial charge in [0.1, 0.15) is 11.0 Å². The molecule has 1 atom stereocenters. The largest absolute Gasteiger partial charge is 0.365 e. The summed E-state index contributed by atoms with van der Waals surface area (Å²) in [7, 11) is 0. The number of benzene rings is 2. The van der Waals surface area contributed by atoms with Crippen molar-refractivity contribution in [3.63, 3.8) is 0 Å². The zero-order chi connectivity index (χ0) is 14.4. The Kier molecular flexibility index (Phi) is 2.62. The molecule has 1 aliphatic rings. The van der Waals surface area contributed by atoms with Crippen LogP contribution in [-0.4, -0.2) is 10.9 Å². The van der Waals surface area contributed by atoms with Crippen LogP contribution in [0.15, 0.2) is 53.5 Å². The number of aliphatic imine (C=N–C) groups is 1. The normalized spacial score (nSPS) is 17.2. The number of nitrogens with two attached hydrogens (primary N) is 1. The molecule has 4 rings (SSSR count). The molecule has 104 valence electrons. The van der Waals surface area contributed by atoms with Crippen molar-refractivity contribution in [2.24, 2.45) is 10.7 Å². The van der Waals surface area contributed by atoms with Crippen molar-refractivity contribution in [1.82, 2.24) is 4.98 Å². The number of nitrogens with one attached hydrogen (secondary N) is 2. The lowest BCUT2D eigenvalue weighted by Crippen LogP contribution is -2.48. The quantitative estimate of drug-likeness (QED) is 0.604. The van der Waals surface area contributed by atoms with Crippen molar-refractivity contribution in [3.05, 3.63) is 59.1 Å². The van der Waals surface area contributed by atoms with Gasteiger partial charge in [-0.1, -0.05) is 41.9 Å². The summed E-state index contributed by atoms with van der Waals surface area (Å²) in [6.07, 6.45) is -0.286. The Bertz CT molecular complexity index is 867. The fourth-order valence-electron chi connectivity index (χ4n) is 2.68. The van der Waals surface area contributed by atoms with Crippen LogP contribution in [0.25, 0.3) is 11.0 Å². The zero-order valence-electron chi connectivity index (χ0n) is 11.0. The Morgan fingerprint density at radius 1 is 1.10 bits per heavy atom. The molecule has 0 bridgehead atoms. The molecule has 5 nitrogen and oxygen atoms in total. The molecule has 0 fully saturated rings. The van der Waals surface area contributed by atoms with E-state index in [4.69, 9.17) is 17.3 Å². The summed E-state index contributed by atoms with van der Waals surface area (Å²) in [6, 6.07) is 15.7. The topological polar surface area (TPSA) is 70.1 Å². The molecule has 0 radical (unpaired) electrons. The maximum atomic E-state index is 6.34. The number of aromatic nitrogens is 2. The van der Waals surface area contributed by atoms with E-state index in [0.717, 1.165) is 22.5 Å². The number of halogens is 1. The van der Waals surface area contributed by atoms with Gasteiger partial charge in [-0.15, -0.1) is 0 Å². The average molecular weight is 299 g/mol. The molecule has 21 heavy (non-hydrogen) atoms. The van der Waals surface area contributed by atoms with Crippen LogP contribution < -0.4 is 15.6 Å². The molecule has 4 N–H and O–H groups in total. The van der Waals surface area contributed by atoms with Crippen LogP contribution >= 0.6 is 11.6 Å². The highest BCUT2D eigenvalue weighted by Crippen LogP contribution is 2.28. The number of H-pyrrole nitrogens is 1. The van der Waals surface area contributed by atoms with Gasteiger partial charge < -0.3 is 5.73 Å².